The predicted molar refractivity (Wildman–Crippen MR) is 120 cm³/mol. The fraction of sp³-hybridized carbons (Fsp3) is 0.192. The monoisotopic (exact) mass is 412 g/mol. The Hall–Kier alpha value is -3.73. The third-order valence-electron chi connectivity index (χ3n) is 5.64. The molecule has 0 saturated heterocycles. The first-order chi connectivity index (χ1) is 15.1. The maximum absolute atomic E-state index is 13.5. The second-order valence-electron chi connectivity index (χ2n) is 7.47. The van der Waals surface area contributed by atoms with Crippen LogP contribution in [0.5, 0.6) is 0 Å². The minimum atomic E-state index is -0.443. The number of nitrogens with zero attached hydrogens (tertiary/aromatic N) is 1. The maximum Gasteiger partial charge on any atom is 0.266 e. The lowest BCUT2D eigenvalue weighted by atomic mass is 10.0. The molecule has 5 heteroatoms. The third kappa shape index (κ3) is 3.63. The highest BCUT2D eigenvalue weighted by atomic mass is 16.2. The molecule has 1 heterocycles. The van der Waals surface area contributed by atoms with Crippen LogP contribution in [-0.2, 0) is 19.4 Å². The largest absolute Gasteiger partial charge is 0.348 e. The molecule has 1 aliphatic heterocycles. The molecule has 0 saturated carbocycles. The minimum Gasteiger partial charge on any atom is -0.348 e. The molecule has 1 aliphatic rings. The number of para-hydroxylation sites is 1. The van der Waals surface area contributed by atoms with E-state index in [1.807, 2.05) is 62.4 Å². The number of aryl methyl sites for hydroxylation is 2. The van der Waals surface area contributed by atoms with Crippen molar-refractivity contribution in [2.75, 3.05) is 4.90 Å². The summed E-state index contributed by atoms with van der Waals surface area (Å²) in [6.07, 6.45) is 1.39. The van der Waals surface area contributed by atoms with Crippen LogP contribution < -0.4 is 10.2 Å². The fourth-order valence-corrected chi connectivity index (χ4v) is 4.05. The van der Waals surface area contributed by atoms with Gasteiger partial charge in [-0.2, -0.15) is 0 Å². The molecule has 0 aliphatic carbocycles. The topological polar surface area (TPSA) is 66.5 Å². The Morgan fingerprint density at radius 1 is 0.806 bits per heavy atom. The van der Waals surface area contributed by atoms with Crippen molar-refractivity contribution >= 4 is 23.4 Å². The van der Waals surface area contributed by atoms with E-state index in [0.717, 1.165) is 16.7 Å². The van der Waals surface area contributed by atoms with E-state index in [9.17, 15) is 14.4 Å². The first-order valence-corrected chi connectivity index (χ1v) is 10.5. The number of rotatable bonds is 6. The van der Waals surface area contributed by atoms with Crippen LogP contribution in [0, 0.1) is 0 Å². The molecule has 31 heavy (non-hydrogen) atoms. The first kappa shape index (κ1) is 20.5. The van der Waals surface area contributed by atoms with E-state index >= 15 is 0 Å². The van der Waals surface area contributed by atoms with Crippen molar-refractivity contribution < 1.29 is 14.4 Å². The van der Waals surface area contributed by atoms with Gasteiger partial charge in [0.2, 0.25) is 0 Å². The highest BCUT2D eigenvalue weighted by Crippen LogP contribution is 2.35. The van der Waals surface area contributed by atoms with Crippen molar-refractivity contribution in [3.05, 3.63) is 100 Å². The highest BCUT2D eigenvalue weighted by molar-refractivity contribution is 6.36. The zero-order valence-corrected chi connectivity index (χ0v) is 17.6. The number of carbonyl (C=O) groups is 3. The Balaban J connectivity index is 1.71. The summed E-state index contributed by atoms with van der Waals surface area (Å²) in [6.45, 7) is 4.34. The standard InChI is InChI=1S/C26H24N2O3/c1-3-18-12-8-13-19(4-2)23(18)28-25(30)21-15-9-14-20(22(21)26(28)31)24(29)27-16-17-10-6-5-7-11-17/h5-15H,3-4,16H2,1-2H3,(H,27,29). The number of hydrogen-bond donors (Lipinski definition) is 1. The first-order valence-electron chi connectivity index (χ1n) is 10.5. The zero-order valence-electron chi connectivity index (χ0n) is 17.6. The molecule has 3 aromatic rings. The normalized spacial score (nSPS) is 12.8. The second-order valence-corrected chi connectivity index (χ2v) is 7.47. The van der Waals surface area contributed by atoms with Gasteiger partial charge in [-0.05, 0) is 41.7 Å². The number of fused-ring (bicyclic) bond motifs is 1. The van der Waals surface area contributed by atoms with Gasteiger partial charge in [0.25, 0.3) is 17.7 Å². The van der Waals surface area contributed by atoms with Gasteiger partial charge in [0, 0.05) is 6.54 Å². The van der Waals surface area contributed by atoms with Gasteiger partial charge in [0.1, 0.15) is 0 Å². The number of hydrogen-bond acceptors (Lipinski definition) is 3. The molecule has 0 spiro atoms. The van der Waals surface area contributed by atoms with E-state index < -0.39 is 5.91 Å². The van der Waals surface area contributed by atoms with E-state index in [1.54, 1.807) is 18.2 Å². The lowest BCUT2D eigenvalue weighted by Gasteiger charge is -2.21. The van der Waals surface area contributed by atoms with Crippen molar-refractivity contribution in [2.45, 2.75) is 33.2 Å². The third-order valence-corrected chi connectivity index (χ3v) is 5.64. The fourth-order valence-electron chi connectivity index (χ4n) is 4.05. The summed E-state index contributed by atoms with van der Waals surface area (Å²) in [6, 6.07) is 20.2. The number of imide groups is 1. The molecule has 4 rings (SSSR count). The van der Waals surface area contributed by atoms with Gasteiger partial charge in [-0.25, -0.2) is 4.90 Å². The van der Waals surface area contributed by atoms with Crippen LogP contribution in [0.4, 0.5) is 5.69 Å². The Morgan fingerprint density at radius 3 is 2.10 bits per heavy atom. The van der Waals surface area contributed by atoms with Crippen LogP contribution in [-0.4, -0.2) is 17.7 Å². The summed E-state index contributed by atoms with van der Waals surface area (Å²) in [4.78, 5) is 40.9. The van der Waals surface area contributed by atoms with Crippen LogP contribution >= 0.6 is 0 Å². The molecule has 5 nitrogen and oxygen atoms in total. The van der Waals surface area contributed by atoms with Crippen molar-refractivity contribution in [3.8, 4) is 0 Å². The second kappa shape index (κ2) is 8.56. The van der Waals surface area contributed by atoms with Crippen molar-refractivity contribution in [1.82, 2.24) is 5.32 Å². The Kier molecular flexibility index (Phi) is 5.67. The molecular formula is C26H24N2O3. The lowest BCUT2D eigenvalue weighted by Crippen LogP contribution is -2.32. The van der Waals surface area contributed by atoms with Gasteiger partial charge in [0.05, 0.1) is 22.4 Å². The number of benzene rings is 3. The number of anilines is 1. The number of carbonyl (C=O) groups excluding carboxylic acids is 3. The number of amides is 3. The van der Waals surface area contributed by atoms with Crippen LogP contribution in [0.25, 0.3) is 0 Å². The molecule has 156 valence electrons. The van der Waals surface area contributed by atoms with Crippen LogP contribution in [0.3, 0.4) is 0 Å². The quantitative estimate of drug-likeness (QED) is 0.605. The van der Waals surface area contributed by atoms with Gasteiger partial charge in [-0.1, -0.05) is 68.4 Å². The van der Waals surface area contributed by atoms with E-state index in [2.05, 4.69) is 5.32 Å². The summed E-state index contributed by atoms with van der Waals surface area (Å²) in [5, 5.41) is 2.86. The van der Waals surface area contributed by atoms with Crippen LogP contribution in [0.1, 0.15) is 61.6 Å². The minimum absolute atomic E-state index is 0.172. The number of nitrogens with one attached hydrogen (secondary N) is 1. The highest BCUT2D eigenvalue weighted by Gasteiger charge is 2.41. The summed E-state index contributed by atoms with van der Waals surface area (Å²) in [5.41, 5.74) is 4.14. The molecule has 0 bridgehead atoms. The Bertz CT molecular complexity index is 1150. The van der Waals surface area contributed by atoms with Crippen molar-refractivity contribution in [2.24, 2.45) is 0 Å². The van der Waals surface area contributed by atoms with E-state index in [1.165, 1.54) is 4.90 Å². The Labute approximate surface area is 181 Å². The molecular weight excluding hydrogens is 388 g/mol. The molecule has 0 unspecified atom stereocenters. The summed E-state index contributed by atoms with van der Waals surface area (Å²) < 4.78 is 0. The smallest absolute Gasteiger partial charge is 0.266 e. The van der Waals surface area contributed by atoms with Crippen molar-refractivity contribution in [1.29, 1.82) is 0 Å². The average Bonchev–Trinajstić information content (AvgIpc) is 3.07. The summed E-state index contributed by atoms with van der Waals surface area (Å²) >= 11 is 0. The van der Waals surface area contributed by atoms with E-state index in [4.69, 9.17) is 0 Å². The van der Waals surface area contributed by atoms with Gasteiger partial charge in [-0.15, -0.1) is 0 Å². The van der Waals surface area contributed by atoms with Gasteiger partial charge >= 0.3 is 0 Å². The van der Waals surface area contributed by atoms with Gasteiger partial charge in [-0.3, -0.25) is 14.4 Å². The summed E-state index contributed by atoms with van der Waals surface area (Å²) in [7, 11) is 0. The maximum atomic E-state index is 13.5. The molecule has 0 aromatic heterocycles. The van der Waals surface area contributed by atoms with Crippen LogP contribution in [0.2, 0.25) is 0 Å². The van der Waals surface area contributed by atoms with E-state index in [0.29, 0.717) is 25.1 Å². The van der Waals surface area contributed by atoms with E-state index in [-0.39, 0.29) is 28.5 Å². The zero-order chi connectivity index (χ0) is 22.0. The van der Waals surface area contributed by atoms with Crippen molar-refractivity contribution in [3.63, 3.8) is 0 Å². The van der Waals surface area contributed by atoms with Gasteiger partial charge in [0.15, 0.2) is 0 Å². The SMILES string of the molecule is CCc1cccc(CC)c1N1C(=O)c2cccc(C(=O)NCc3ccccc3)c2C1=O. The Morgan fingerprint density at radius 2 is 1.45 bits per heavy atom. The lowest BCUT2D eigenvalue weighted by molar-refractivity contribution is 0.0909. The molecule has 0 atom stereocenters. The molecule has 0 fully saturated rings. The average molecular weight is 412 g/mol. The molecule has 1 N–H and O–H groups in total. The molecule has 0 radical (unpaired) electrons. The molecule has 3 aromatic carbocycles. The summed E-state index contributed by atoms with van der Waals surface area (Å²) in [5.74, 6) is -1.20. The van der Waals surface area contributed by atoms with Crippen LogP contribution in [0.15, 0.2) is 66.7 Å². The predicted octanol–water partition coefficient (Wildman–Crippen LogP) is 4.54. The molecule has 3 amide bonds. The van der Waals surface area contributed by atoms with Gasteiger partial charge < -0.3 is 5.32 Å².